The zero-order valence-electron chi connectivity index (χ0n) is 10.7. The van der Waals surface area contributed by atoms with Crippen molar-refractivity contribution in [1.82, 2.24) is 14.6 Å². The standard InChI is InChI=1S/C13H20N4/c1-4-10(2)9-11(3)14-13-15-12-7-5-6-8-17(12)16-13/h5-8,10-11H,4,9H2,1-3H3,(H,14,16). The number of nitrogens with zero attached hydrogens (tertiary/aromatic N) is 3. The quantitative estimate of drug-likeness (QED) is 0.861. The van der Waals surface area contributed by atoms with Crippen LogP contribution in [0.4, 0.5) is 5.95 Å². The Morgan fingerprint density at radius 2 is 2.18 bits per heavy atom. The lowest BCUT2D eigenvalue weighted by Crippen LogP contribution is -2.19. The molecule has 17 heavy (non-hydrogen) atoms. The molecule has 2 aromatic rings. The van der Waals surface area contributed by atoms with Crippen LogP contribution in [0, 0.1) is 5.92 Å². The van der Waals surface area contributed by atoms with Crippen LogP contribution in [0.3, 0.4) is 0 Å². The fourth-order valence-corrected chi connectivity index (χ4v) is 1.94. The molecule has 0 radical (unpaired) electrons. The minimum atomic E-state index is 0.405. The number of aromatic nitrogens is 3. The van der Waals surface area contributed by atoms with Gasteiger partial charge in [0.15, 0.2) is 5.65 Å². The molecule has 0 saturated carbocycles. The molecule has 1 N–H and O–H groups in total. The second kappa shape index (κ2) is 5.17. The van der Waals surface area contributed by atoms with Gasteiger partial charge in [-0.3, -0.25) is 0 Å². The van der Waals surface area contributed by atoms with E-state index in [-0.39, 0.29) is 0 Å². The Labute approximate surface area is 102 Å². The molecule has 4 nitrogen and oxygen atoms in total. The molecule has 0 amide bonds. The SMILES string of the molecule is CCC(C)CC(C)Nc1nc2ccccn2n1. The Morgan fingerprint density at radius 1 is 1.35 bits per heavy atom. The van der Waals surface area contributed by atoms with Gasteiger partial charge in [0.05, 0.1) is 0 Å². The summed E-state index contributed by atoms with van der Waals surface area (Å²) < 4.78 is 1.79. The first-order chi connectivity index (χ1) is 8.19. The van der Waals surface area contributed by atoms with Crippen molar-refractivity contribution in [3.8, 4) is 0 Å². The van der Waals surface area contributed by atoms with E-state index in [1.54, 1.807) is 4.52 Å². The van der Waals surface area contributed by atoms with Crippen molar-refractivity contribution in [3.63, 3.8) is 0 Å². The molecular formula is C13H20N4. The zero-order valence-corrected chi connectivity index (χ0v) is 10.7. The summed E-state index contributed by atoms with van der Waals surface area (Å²) in [5, 5.41) is 7.73. The largest absolute Gasteiger partial charge is 0.350 e. The molecule has 0 bridgehead atoms. The predicted molar refractivity (Wildman–Crippen MR) is 70.1 cm³/mol. The number of pyridine rings is 1. The van der Waals surface area contributed by atoms with E-state index in [1.807, 2.05) is 24.4 Å². The van der Waals surface area contributed by atoms with E-state index in [0.29, 0.717) is 12.0 Å². The molecule has 0 fully saturated rings. The van der Waals surface area contributed by atoms with Gasteiger partial charge in [-0.15, -0.1) is 5.10 Å². The van der Waals surface area contributed by atoms with Gasteiger partial charge in [0.2, 0.25) is 5.95 Å². The van der Waals surface area contributed by atoms with E-state index in [4.69, 9.17) is 0 Å². The highest BCUT2D eigenvalue weighted by molar-refractivity contribution is 5.43. The number of nitrogens with one attached hydrogen (secondary N) is 1. The Hall–Kier alpha value is -1.58. The molecule has 0 spiro atoms. The number of rotatable bonds is 5. The van der Waals surface area contributed by atoms with Gasteiger partial charge < -0.3 is 5.32 Å². The third kappa shape index (κ3) is 2.96. The smallest absolute Gasteiger partial charge is 0.243 e. The van der Waals surface area contributed by atoms with Crippen molar-refractivity contribution in [2.45, 2.75) is 39.7 Å². The summed E-state index contributed by atoms with van der Waals surface area (Å²) in [6, 6.07) is 6.28. The highest BCUT2D eigenvalue weighted by Crippen LogP contribution is 2.13. The van der Waals surface area contributed by atoms with Crippen LogP contribution in [-0.4, -0.2) is 20.6 Å². The Kier molecular flexibility index (Phi) is 3.61. The van der Waals surface area contributed by atoms with Crippen LogP contribution in [0.15, 0.2) is 24.4 Å². The van der Waals surface area contributed by atoms with Crippen LogP contribution in [0.2, 0.25) is 0 Å². The number of anilines is 1. The second-order valence-electron chi connectivity index (χ2n) is 4.73. The molecule has 2 heterocycles. The van der Waals surface area contributed by atoms with E-state index in [1.165, 1.54) is 6.42 Å². The van der Waals surface area contributed by atoms with Crippen molar-refractivity contribution in [2.24, 2.45) is 5.92 Å². The van der Waals surface area contributed by atoms with Crippen LogP contribution in [-0.2, 0) is 0 Å². The summed E-state index contributed by atoms with van der Waals surface area (Å²) in [7, 11) is 0. The molecule has 4 heteroatoms. The van der Waals surface area contributed by atoms with Crippen molar-refractivity contribution in [3.05, 3.63) is 24.4 Å². The Balaban J connectivity index is 2.03. The summed E-state index contributed by atoms with van der Waals surface area (Å²) >= 11 is 0. The van der Waals surface area contributed by atoms with E-state index in [9.17, 15) is 0 Å². The second-order valence-corrected chi connectivity index (χ2v) is 4.73. The summed E-state index contributed by atoms with van der Waals surface area (Å²) in [4.78, 5) is 4.43. The van der Waals surface area contributed by atoms with Crippen LogP contribution < -0.4 is 5.32 Å². The maximum atomic E-state index is 4.43. The minimum absolute atomic E-state index is 0.405. The lowest BCUT2D eigenvalue weighted by Gasteiger charge is -2.16. The molecule has 0 aliphatic heterocycles. The molecule has 2 aromatic heterocycles. The maximum absolute atomic E-state index is 4.43. The van der Waals surface area contributed by atoms with Crippen molar-refractivity contribution in [1.29, 1.82) is 0 Å². The van der Waals surface area contributed by atoms with Gasteiger partial charge >= 0.3 is 0 Å². The maximum Gasteiger partial charge on any atom is 0.243 e. The van der Waals surface area contributed by atoms with Gasteiger partial charge in [-0.2, -0.15) is 4.98 Å². The van der Waals surface area contributed by atoms with E-state index in [2.05, 4.69) is 36.2 Å². The fraction of sp³-hybridized carbons (Fsp3) is 0.538. The first-order valence-corrected chi connectivity index (χ1v) is 6.27. The normalized spacial score (nSPS) is 14.8. The summed E-state index contributed by atoms with van der Waals surface area (Å²) in [5.41, 5.74) is 0.880. The molecule has 2 rings (SSSR count). The monoisotopic (exact) mass is 232 g/mol. The predicted octanol–water partition coefficient (Wildman–Crippen LogP) is 2.97. The summed E-state index contributed by atoms with van der Waals surface area (Å²) in [6.07, 6.45) is 4.27. The highest BCUT2D eigenvalue weighted by Gasteiger charge is 2.09. The molecule has 0 aromatic carbocycles. The van der Waals surface area contributed by atoms with Crippen molar-refractivity contribution >= 4 is 11.6 Å². The van der Waals surface area contributed by atoms with Gasteiger partial charge in [0, 0.05) is 12.2 Å². The number of fused-ring (bicyclic) bond motifs is 1. The first-order valence-electron chi connectivity index (χ1n) is 6.27. The van der Waals surface area contributed by atoms with E-state index in [0.717, 1.165) is 18.0 Å². The topological polar surface area (TPSA) is 42.2 Å². The van der Waals surface area contributed by atoms with Gasteiger partial charge in [0.1, 0.15) is 0 Å². The van der Waals surface area contributed by atoms with E-state index < -0.39 is 0 Å². The molecule has 0 saturated heterocycles. The van der Waals surface area contributed by atoms with Crippen LogP contribution in [0.5, 0.6) is 0 Å². The third-order valence-electron chi connectivity index (χ3n) is 3.07. The molecule has 0 aliphatic rings. The van der Waals surface area contributed by atoms with Crippen LogP contribution in [0.1, 0.15) is 33.6 Å². The summed E-state index contributed by atoms with van der Waals surface area (Å²) in [6.45, 7) is 6.67. The van der Waals surface area contributed by atoms with Gasteiger partial charge in [-0.25, -0.2) is 4.52 Å². The van der Waals surface area contributed by atoms with Gasteiger partial charge in [-0.1, -0.05) is 26.3 Å². The molecule has 2 atom stereocenters. The number of hydrogen-bond donors (Lipinski definition) is 1. The Bertz CT molecular complexity index is 444. The van der Waals surface area contributed by atoms with Crippen molar-refractivity contribution < 1.29 is 0 Å². The van der Waals surface area contributed by atoms with Crippen LogP contribution >= 0.6 is 0 Å². The average molecular weight is 232 g/mol. The molecule has 92 valence electrons. The molecule has 2 unspecified atom stereocenters. The lowest BCUT2D eigenvalue weighted by molar-refractivity contribution is 0.482. The highest BCUT2D eigenvalue weighted by atomic mass is 15.3. The van der Waals surface area contributed by atoms with Crippen molar-refractivity contribution in [2.75, 3.05) is 5.32 Å². The number of hydrogen-bond acceptors (Lipinski definition) is 3. The third-order valence-corrected chi connectivity index (χ3v) is 3.07. The van der Waals surface area contributed by atoms with Gasteiger partial charge in [-0.05, 0) is 31.4 Å². The van der Waals surface area contributed by atoms with Crippen LogP contribution in [0.25, 0.3) is 5.65 Å². The van der Waals surface area contributed by atoms with E-state index >= 15 is 0 Å². The fourth-order valence-electron chi connectivity index (χ4n) is 1.94. The molecular weight excluding hydrogens is 212 g/mol. The molecule has 0 aliphatic carbocycles. The summed E-state index contributed by atoms with van der Waals surface area (Å²) in [5.74, 6) is 1.45. The lowest BCUT2D eigenvalue weighted by atomic mass is 10.0. The van der Waals surface area contributed by atoms with Gasteiger partial charge in [0.25, 0.3) is 0 Å². The first kappa shape index (κ1) is 11.9. The Morgan fingerprint density at radius 3 is 2.88 bits per heavy atom. The zero-order chi connectivity index (χ0) is 12.3. The average Bonchev–Trinajstić information content (AvgIpc) is 2.70. The minimum Gasteiger partial charge on any atom is -0.350 e.